The van der Waals surface area contributed by atoms with Gasteiger partial charge in [0.25, 0.3) is 0 Å². The maximum atomic E-state index is 13.3. The average Bonchev–Trinajstić information content (AvgIpc) is 2.27. The molecule has 1 aromatic rings. The van der Waals surface area contributed by atoms with Crippen molar-refractivity contribution in [1.29, 1.82) is 0 Å². The minimum absolute atomic E-state index is 0.177. The van der Waals surface area contributed by atoms with E-state index >= 15 is 0 Å². The van der Waals surface area contributed by atoms with Crippen LogP contribution in [0.15, 0.2) is 18.2 Å². The summed E-state index contributed by atoms with van der Waals surface area (Å²) in [5.41, 5.74) is 7.81. The molecule has 100 valence electrons. The van der Waals surface area contributed by atoms with Gasteiger partial charge in [0.1, 0.15) is 5.82 Å². The van der Waals surface area contributed by atoms with Crippen molar-refractivity contribution < 1.29 is 9.13 Å². The lowest BCUT2D eigenvalue weighted by molar-refractivity contribution is -0.00527. The van der Waals surface area contributed by atoms with E-state index in [1.54, 1.807) is 0 Å². The highest BCUT2D eigenvalue weighted by molar-refractivity contribution is 5.55. The van der Waals surface area contributed by atoms with Crippen LogP contribution in [0.1, 0.15) is 32.4 Å². The van der Waals surface area contributed by atoms with E-state index in [0.717, 1.165) is 24.3 Å². The molecule has 2 N–H and O–H groups in total. The summed E-state index contributed by atoms with van der Waals surface area (Å²) in [7, 11) is 0. The van der Waals surface area contributed by atoms with Gasteiger partial charge in [0.05, 0.1) is 12.2 Å². The number of nitrogens with zero attached hydrogens (tertiary/aromatic N) is 1. The molecule has 3 nitrogen and oxygen atoms in total. The van der Waals surface area contributed by atoms with E-state index in [-0.39, 0.29) is 24.1 Å². The molecule has 4 heteroatoms. The Hall–Kier alpha value is -1.13. The maximum absolute atomic E-state index is 13.3. The first kappa shape index (κ1) is 13.3. The zero-order chi connectivity index (χ0) is 13.3. The van der Waals surface area contributed by atoms with Crippen molar-refractivity contribution in [2.45, 2.75) is 39.0 Å². The number of rotatable bonds is 2. The van der Waals surface area contributed by atoms with Crippen molar-refractivity contribution in [1.82, 2.24) is 0 Å². The van der Waals surface area contributed by atoms with Crippen molar-refractivity contribution in [3.05, 3.63) is 29.6 Å². The van der Waals surface area contributed by atoms with Gasteiger partial charge < -0.3 is 15.4 Å². The minimum Gasteiger partial charge on any atom is -0.372 e. The highest BCUT2D eigenvalue weighted by Gasteiger charge is 2.24. The second kappa shape index (κ2) is 5.24. The fourth-order valence-corrected chi connectivity index (χ4v) is 2.55. The Morgan fingerprint density at radius 2 is 1.94 bits per heavy atom. The number of benzene rings is 1. The van der Waals surface area contributed by atoms with Crippen molar-refractivity contribution in [2.75, 3.05) is 18.0 Å². The van der Waals surface area contributed by atoms with Gasteiger partial charge in [0, 0.05) is 24.8 Å². The third-order valence-corrected chi connectivity index (χ3v) is 3.24. The second-order valence-corrected chi connectivity index (χ2v) is 5.15. The lowest BCUT2D eigenvalue weighted by Crippen LogP contribution is -2.46. The van der Waals surface area contributed by atoms with Crippen LogP contribution in [-0.4, -0.2) is 25.3 Å². The molecule has 2 rings (SSSR count). The molecular weight excluding hydrogens is 231 g/mol. The number of halogens is 1. The van der Waals surface area contributed by atoms with Gasteiger partial charge in [0.15, 0.2) is 0 Å². The Balaban J connectivity index is 2.32. The van der Waals surface area contributed by atoms with Gasteiger partial charge >= 0.3 is 0 Å². The maximum Gasteiger partial charge on any atom is 0.123 e. The number of hydrogen-bond donors (Lipinski definition) is 1. The highest BCUT2D eigenvalue weighted by atomic mass is 19.1. The minimum atomic E-state index is -0.236. The lowest BCUT2D eigenvalue weighted by atomic mass is 10.0. The topological polar surface area (TPSA) is 38.5 Å². The van der Waals surface area contributed by atoms with Crippen molar-refractivity contribution in [3.8, 4) is 0 Å². The third-order valence-electron chi connectivity index (χ3n) is 3.24. The second-order valence-electron chi connectivity index (χ2n) is 5.15. The predicted molar refractivity (Wildman–Crippen MR) is 71.2 cm³/mol. The first-order valence-electron chi connectivity index (χ1n) is 6.43. The van der Waals surface area contributed by atoms with Crippen LogP contribution < -0.4 is 10.6 Å². The molecule has 0 saturated carbocycles. The van der Waals surface area contributed by atoms with E-state index < -0.39 is 0 Å². The molecule has 3 atom stereocenters. The molecule has 0 amide bonds. The van der Waals surface area contributed by atoms with Crippen LogP contribution in [-0.2, 0) is 4.74 Å². The molecule has 0 bridgehead atoms. The Kier molecular flexibility index (Phi) is 3.88. The van der Waals surface area contributed by atoms with Crippen LogP contribution in [0.4, 0.5) is 10.1 Å². The standard InChI is InChI=1S/C14H21FN2O/c1-9-7-17(8-10(2)18-9)14-5-4-12(15)6-13(14)11(3)16/h4-6,9-11H,7-8,16H2,1-3H3. The Morgan fingerprint density at radius 1 is 1.33 bits per heavy atom. The first-order chi connectivity index (χ1) is 8.47. The normalized spacial score (nSPS) is 26.2. The van der Waals surface area contributed by atoms with Crippen LogP contribution in [0.2, 0.25) is 0 Å². The number of hydrogen-bond acceptors (Lipinski definition) is 3. The van der Waals surface area contributed by atoms with Gasteiger partial charge in [-0.15, -0.1) is 0 Å². The van der Waals surface area contributed by atoms with Gasteiger partial charge in [-0.05, 0) is 44.5 Å². The average molecular weight is 252 g/mol. The van der Waals surface area contributed by atoms with Gasteiger partial charge in [-0.25, -0.2) is 4.39 Å². The van der Waals surface area contributed by atoms with Crippen molar-refractivity contribution in [3.63, 3.8) is 0 Å². The fraction of sp³-hybridized carbons (Fsp3) is 0.571. The molecule has 0 aromatic heterocycles. The van der Waals surface area contributed by atoms with Gasteiger partial charge in [-0.3, -0.25) is 0 Å². The Labute approximate surface area is 108 Å². The Bertz CT molecular complexity index is 412. The molecule has 1 fully saturated rings. The molecular formula is C14H21FN2O. The molecule has 18 heavy (non-hydrogen) atoms. The molecule has 3 unspecified atom stereocenters. The first-order valence-corrected chi connectivity index (χ1v) is 6.43. The lowest BCUT2D eigenvalue weighted by Gasteiger charge is -2.38. The molecule has 1 aromatic carbocycles. The van der Waals surface area contributed by atoms with E-state index in [1.807, 2.05) is 13.0 Å². The van der Waals surface area contributed by atoms with Gasteiger partial charge in [0.2, 0.25) is 0 Å². The van der Waals surface area contributed by atoms with Gasteiger partial charge in [-0.2, -0.15) is 0 Å². The SMILES string of the molecule is CC1CN(c2ccc(F)cc2C(C)N)CC(C)O1. The zero-order valence-electron chi connectivity index (χ0n) is 11.2. The van der Waals surface area contributed by atoms with Crippen LogP contribution in [0, 0.1) is 5.82 Å². The zero-order valence-corrected chi connectivity index (χ0v) is 11.2. The van der Waals surface area contributed by atoms with Gasteiger partial charge in [-0.1, -0.05) is 0 Å². The number of nitrogens with two attached hydrogens (primary N) is 1. The smallest absolute Gasteiger partial charge is 0.123 e. The quantitative estimate of drug-likeness (QED) is 0.878. The van der Waals surface area contributed by atoms with E-state index in [2.05, 4.69) is 18.7 Å². The van der Waals surface area contributed by atoms with Crippen LogP contribution in [0.3, 0.4) is 0 Å². The molecule has 1 heterocycles. The summed E-state index contributed by atoms with van der Waals surface area (Å²) >= 11 is 0. The van der Waals surface area contributed by atoms with Crippen molar-refractivity contribution >= 4 is 5.69 Å². The summed E-state index contributed by atoms with van der Waals surface area (Å²) < 4.78 is 19.0. The summed E-state index contributed by atoms with van der Waals surface area (Å²) in [6.45, 7) is 7.62. The predicted octanol–water partition coefficient (Wildman–Crippen LogP) is 2.46. The summed E-state index contributed by atoms with van der Waals surface area (Å²) in [4.78, 5) is 2.23. The molecule has 1 aliphatic rings. The third kappa shape index (κ3) is 2.82. The summed E-state index contributed by atoms with van der Waals surface area (Å²) in [6.07, 6.45) is 0.361. The number of anilines is 1. The van der Waals surface area contributed by atoms with E-state index in [1.165, 1.54) is 12.1 Å². The summed E-state index contributed by atoms with van der Waals surface area (Å²) in [5.74, 6) is -0.236. The number of morpholine rings is 1. The molecule has 1 aliphatic heterocycles. The van der Waals surface area contributed by atoms with Crippen LogP contribution in [0.5, 0.6) is 0 Å². The molecule has 1 saturated heterocycles. The van der Waals surface area contributed by atoms with Crippen LogP contribution >= 0.6 is 0 Å². The molecule has 0 spiro atoms. The monoisotopic (exact) mass is 252 g/mol. The van der Waals surface area contributed by atoms with Crippen molar-refractivity contribution in [2.24, 2.45) is 5.73 Å². The van der Waals surface area contributed by atoms with Crippen LogP contribution in [0.25, 0.3) is 0 Å². The molecule has 0 aliphatic carbocycles. The summed E-state index contributed by atoms with van der Waals surface area (Å²) in [5, 5.41) is 0. The highest BCUT2D eigenvalue weighted by Crippen LogP contribution is 2.28. The fourth-order valence-electron chi connectivity index (χ4n) is 2.55. The summed E-state index contributed by atoms with van der Waals surface area (Å²) in [6, 6.07) is 4.67. The van der Waals surface area contributed by atoms with E-state index in [0.29, 0.717) is 0 Å². The molecule has 0 radical (unpaired) electrons. The largest absolute Gasteiger partial charge is 0.372 e. The van der Waals surface area contributed by atoms with E-state index in [4.69, 9.17) is 10.5 Å². The van der Waals surface area contributed by atoms with E-state index in [9.17, 15) is 4.39 Å². The number of ether oxygens (including phenoxy) is 1. The Morgan fingerprint density at radius 3 is 2.50 bits per heavy atom.